The number of nitrogens with zero attached hydrogens (tertiary/aromatic N) is 1. The van der Waals surface area contributed by atoms with Crippen molar-refractivity contribution < 1.29 is 9.59 Å². The Kier molecular flexibility index (Phi) is 5.24. The van der Waals surface area contributed by atoms with Gasteiger partial charge in [0.05, 0.1) is 5.56 Å². The van der Waals surface area contributed by atoms with Crippen molar-refractivity contribution in [3.05, 3.63) is 89.7 Å². The summed E-state index contributed by atoms with van der Waals surface area (Å²) in [5, 5.41) is 6.06. The van der Waals surface area contributed by atoms with Gasteiger partial charge in [0, 0.05) is 35.9 Å². The molecule has 2 amide bonds. The summed E-state index contributed by atoms with van der Waals surface area (Å²) in [6.07, 6.45) is 3.45. The summed E-state index contributed by atoms with van der Waals surface area (Å²) in [5.74, 6) is -0.815. The van der Waals surface area contributed by atoms with Crippen LogP contribution in [0.4, 0.5) is 11.4 Å². The molecule has 6 heteroatoms. The number of hydrogen-bond acceptors (Lipinski definition) is 4. The van der Waals surface area contributed by atoms with Crippen LogP contribution in [0.1, 0.15) is 26.3 Å². The van der Waals surface area contributed by atoms with E-state index >= 15 is 0 Å². The molecule has 0 fully saturated rings. The molecule has 1 aromatic heterocycles. The van der Waals surface area contributed by atoms with Gasteiger partial charge >= 0.3 is 0 Å². The number of pyridine rings is 1. The molecule has 6 nitrogen and oxygen atoms in total. The van der Waals surface area contributed by atoms with Crippen LogP contribution in [0.15, 0.2) is 73.1 Å². The molecule has 0 aliphatic heterocycles. The molecule has 4 N–H and O–H groups in total. The van der Waals surface area contributed by atoms with E-state index in [-0.39, 0.29) is 5.91 Å². The van der Waals surface area contributed by atoms with Crippen LogP contribution in [0, 0.1) is 0 Å². The molecule has 0 saturated heterocycles. The third-order valence-corrected chi connectivity index (χ3v) is 3.81. The molecule has 0 atom stereocenters. The first-order chi connectivity index (χ1) is 12.6. The molecular weight excluding hydrogens is 328 g/mol. The summed E-state index contributed by atoms with van der Waals surface area (Å²) in [6.45, 7) is 0.573. The van der Waals surface area contributed by atoms with E-state index < -0.39 is 5.91 Å². The highest BCUT2D eigenvalue weighted by atomic mass is 16.2. The largest absolute Gasteiger partial charge is 0.380 e. The maximum absolute atomic E-state index is 12.7. The fourth-order valence-electron chi connectivity index (χ4n) is 2.48. The van der Waals surface area contributed by atoms with E-state index in [4.69, 9.17) is 5.73 Å². The average Bonchev–Trinajstić information content (AvgIpc) is 2.67. The molecule has 0 radical (unpaired) electrons. The van der Waals surface area contributed by atoms with Gasteiger partial charge in [-0.3, -0.25) is 14.6 Å². The molecule has 3 aromatic rings. The van der Waals surface area contributed by atoms with Crippen molar-refractivity contribution in [2.45, 2.75) is 6.54 Å². The lowest BCUT2D eigenvalue weighted by Crippen LogP contribution is -2.16. The number of hydrogen-bond donors (Lipinski definition) is 3. The zero-order chi connectivity index (χ0) is 18.4. The summed E-state index contributed by atoms with van der Waals surface area (Å²) < 4.78 is 0. The van der Waals surface area contributed by atoms with Crippen LogP contribution in [-0.4, -0.2) is 16.8 Å². The normalized spacial score (nSPS) is 10.2. The number of para-hydroxylation sites is 1. The number of carbonyl (C=O) groups excluding carboxylic acids is 2. The van der Waals surface area contributed by atoms with Gasteiger partial charge in [-0.2, -0.15) is 0 Å². The van der Waals surface area contributed by atoms with E-state index in [2.05, 4.69) is 15.6 Å². The van der Waals surface area contributed by atoms with Gasteiger partial charge in [0.1, 0.15) is 0 Å². The van der Waals surface area contributed by atoms with Gasteiger partial charge < -0.3 is 16.4 Å². The summed E-state index contributed by atoms with van der Waals surface area (Å²) in [4.78, 5) is 27.9. The Hall–Kier alpha value is -3.67. The minimum Gasteiger partial charge on any atom is -0.380 e. The number of aromatic nitrogens is 1. The van der Waals surface area contributed by atoms with Gasteiger partial charge in [0.15, 0.2) is 0 Å². The Balaban J connectivity index is 1.75. The van der Waals surface area contributed by atoms with Gasteiger partial charge in [0.25, 0.3) is 5.91 Å². The lowest BCUT2D eigenvalue weighted by molar-refractivity contribution is 0.0996. The minimum atomic E-state index is -0.541. The van der Waals surface area contributed by atoms with Crippen LogP contribution in [0.25, 0.3) is 0 Å². The average molecular weight is 346 g/mol. The molecule has 0 unspecified atom stereocenters. The van der Waals surface area contributed by atoms with Crippen LogP contribution in [0.5, 0.6) is 0 Å². The summed E-state index contributed by atoms with van der Waals surface area (Å²) >= 11 is 0. The standard InChI is InChI=1S/C20H18N4O2/c21-19(25)15-4-3-5-16(12-15)24-20(26)17-6-1-2-7-18(17)23-13-14-8-10-22-11-9-14/h1-12,23H,13H2,(H2,21,25)(H,24,26). The van der Waals surface area contributed by atoms with Crippen molar-refractivity contribution in [3.8, 4) is 0 Å². The molecule has 1 heterocycles. The van der Waals surface area contributed by atoms with Crippen LogP contribution >= 0.6 is 0 Å². The first kappa shape index (κ1) is 17.2. The molecular formula is C20H18N4O2. The maximum Gasteiger partial charge on any atom is 0.257 e. The van der Waals surface area contributed by atoms with Crippen molar-refractivity contribution >= 4 is 23.2 Å². The molecule has 3 rings (SSSR count). The quantitative estimate of drug-likeness (QED) is 0.639. The third kappa shape index (κ3) is 4.24. The Morgan fingerprint density at radius 2 is 1.73 bits per heavy atom. The van der Waals surface area contributed by atoms with Crippen LogP contribution in [0.3, 0.4) is 0 Å². The number of benzene rings is 2. The first-order valence-electron chi connectivity index (χ1n) is 8.06. The predicted octanol–water partition coefficient (Wildman–Crippen LogP) is 3.04. The van der Waals surface area contributed by atoms with Crippen molar-refractivity contribution in [1.29, 1.82) is 0 Å². The van der Waals surface area contributed by atoms with Crippen molar-refractivity contribution in [1.82, 2.24) is 4.98 Å². The molecule has 0 aliphatic rings. The Bertz CT molecular complexity index is 926. The van der Waals surface area contributed by atoms with Crippen LogP contribution < -0.4 is 16.4 Å². The number of nitrogens with two attached hydrogens (primary N) is 1. The summed E-state index contributed by atoms with van der Waals surface area (Å²) in [5.41, 5.74) is 8.41. The SMILES string of the molecule is NC(=O)c1cccc(NC(=O)c2ccccc2NCc2ccncc2)c1. The lowest BCUT2D eigenvalue weighted by atomic mass is 10.1. The number of primary amides is 1. The van der Waals surface area contributed by atoms with Gasteiger partial charge in [-0.05, 0) is 48.0 Å². The second-order valence-electron chi connectivity index (χ2n) is 5.65. The minimum absolute atomic E-state index is 0.274. The highest BCUT2D eigenvalue weighted by Crippen LogP contribution is 2.19. The zero-order valence-electron chi connectivity index (χ0n) is 14.0. The summed E-state index contributed by atoms with van der Waals surface area (Å²) in [6, 6.07) is 17.6. The third-order valence-electron chi connectivity index (χ3n) is 3.81. The van der Waals surface area contributed by atoms with Gasteiger partial charge in [-0.1, -0.05) is 18.2 Å². The molecule has 130 valence electrons. The molecule has 26 heavy (non-hydrogen) atoms. The van der Waals surface area contributed by atoms with E-state index in [1.807, 2.05) is 24.3 Å². The molecule has 0 bridgehead atoms. The highest BCUT2D eigenvalue weighted by Gasteiger charge is 2.12. The number of carbonyl (C=O) groups is 2. The summed E-state index contributed by atoms with van der Waals surface area (Å²) in [7, 11) is 0. The molecule has 2 aromatic carbocycles. The smallest absolute Gasteiger partial charge is 0.257 e. The van der Waals surface area contributed by atoms with Crippen molar-refractivity contribution in [2.75, 3.05) is 10.6 Å². The van der Waals surface area contributed by atoms with E-state index in [9.17, 15) is 9.59 Å². The van der Waals surface area contributed by atoms with Crippen LogP contribution in [0.2, 0.25) is 0 Å². The highest BCUT2D eigenvalue weighted by molar-refractivity contribution is 6.08. The Morgan fingerprint density at radius 3 is 2.50 bits per heavy atom. The molecule has 0 aliphatic carbocycles. The second kappa shape index (κ2) is 7.94. The predicted molar refractivity (Wildman–Crippen MR) is 101 cm³/mol. The maximum atomic E-state index is 12.7. The van der Waals surface area contributed by atoms with E-state index in [1.165, 1.54) is 0 Å². The van der Waals surface area contributed by atoms with Crippen LogP contribution in [-0.2, 0) is 6.54 Å². The zero-order valence-corrected chi connectivity index (χ0v) is 14.0. The van der Waals surface area contributed by atoms with E-state index in [0.29, 0.717) is 29.0 Å². The molecule has 0 spiro atoms. The second-order valence-corrected chi connectivity index (χ2v) is 5.65. The van der Waals surface area contributed by atoms with Gasteiger partial charge in [-0.15, -0.1) is 0 Å². The lowest BCUT2D eigenvalue weighted by Gasteiger charge is -2.12. The van der Waals surface area contributed by atoms with E-state index in [0.717, 1.165) is 5.56 Å². The Morgan fingerprint density at radius 1 is 0.962 bits per heavy atom. The number of anilines is 2. The monoisotopic (exact) mass is 346 g/mol. The topological polar surface area (TPSA) is 97.1 Å². The first-order valence-corrected chi connectivity index (χ1v) is 8.06. The Labute approximate surface area is 151 Å². The van der Waals surface area contributed by atoms with Crippen molar-refractivity contribution in [3.63, 3.8) is 0 Å². The molecule has 0 saturated carbocycles. The van der Waals surface area contributed by atoms with Crippen molar-refractivity contribution in [2.24, 2.45) is 5.73 Å². The fraction of sp³-hybridized carbons (Fsp3) is 0.0500. The number of amides is 2. The van der Waals surface area contributed by atoms with E-state index in [1.54, 1.807) is 48.8 Å². The van der Waals surface area contributed by atoms with Gasteiger partial charge in [-0.25, -0.2) is 0 Å². The number of rotatable bonds is 6. The van der Waals surface area contributed by atoms with Gasteiger partial charge in [0.2, 0.25) is 5.91 Å². The number of nitrogens with one attached hydrogen (secondary N) is 2. The fourth-order valence-corrected chi connectivity index (χ4v) is 2.48.